The lowest BCUT2D eigenvalue weighted by atomic mass is 10.0. The number of aromatic nitrogens is 1. The number of phenolic OH excluding ortho intramolecular Hbond substituents is 1. The molecular formula is C17H13NO2. The van der Waals surface area contributed by atoms with Crippen molar-refractivity contribution in [1.29, 1.82) is 0 Å². The van der Waals surface area contributed by atoms with Crippen molar-refractivity contribution in [3.8, 4) is 5.75 Å². The van der Waals surface area contributed by atoms with E-state index in [-0.39, 0.29) is 11.5 Å². The van der Waals surface area contributed by atoms with Gasteiger partial charge in [-0.3, -0.25) is 4.79 Å². The lowest BCUT2D eigenvalue weighted by molar-refractivity contribution is 0.104. The molecule has 0 aliphatic rings. The molecule has 0 saturated carbocycles. The molecule has 0 spiro atoms. The number of allylic oxidation sites excluding steroid dienone is 1. The van der Waals surface area contributed by atoms with Gasteiger partial charge in [0.1, 0.15) is 5.75 Å². The van der Waals surface area contributed by atoms with Gasteiger partial charge in [-0.05, 0) is 35.7 Å². The summed E-state index contributed by atoms with van der Waals surface area (Å²) in [5, 5.41) is 11.8. The van der Waals surface area contributed by atoms with Gasteiger partial charge in [-0.25, -0.2) is 0 Å². The van der Waals surface area contributed by atoms with E-state index < -0.39 is 0 Å². The highest BCUT2D eigenvalue weighted by Crippen LogP contribution is 2.29. The molecule has 98 valence electrons. The SMILES string of the molecule is O=C(/C=C/c1ccc[nH]1)c1ccc2ccccc2c1O. The Morgan fingerprint density at radius 2 is 1.90 bits per heavy atom. The van der Waals surface area contributed by atoms with Crippen LogP contribution in [0.5, 0.6) is 5.75 Å². The number of hydrogen-bond acceptors (Lipinski definition) is 2. The molecule has 0 bridgehead atoms. The van der Waals surface area contributed by atoms with Gasteiger partial charge < -0.3 is 10.1 Å². The van der Waals surface area contributed by atoms with Crippen LogP contribution in [0.3, 0.4) is 0 Å². The first-order valence-electron chi connectivity index (χ1n) is 6.32. The molecule has 2 N–H and O–H groups in total. The normalized spacial score (nSPS) is 11.2. The monoisotopic (exact) mass is 263 g/mol. The van der Waals surface area contributed by atoms with Crippen molar-refractivity contribution in [2.24, 2.45) is 0 Å². The minimum atomic E-state index is -0.220. The smallest absolute Gasteiger partial charge is 0.189 e. The van der Waals surface area contributed by atoms with Crippen LogP contribution >= 0.6 is 0 Å². The first kappa shape index (κ1) is 12.2. The van der Waals surface area contributed by atoms with Crippen molar-refractivity contribution in [3.63, 3.8) is 0 Å². The lowest BCUT2D eigenvalue weighted by Gasteiger charge is -2.05. The van der Waals surface area contributed by atoms with Crippen molar-refractivity contribution in [1.82, 2.24) is 4.98 Å². The number of hydrogen-bond donors (Lipinski definition) is 2. The Labute approximate surface area is 116 Å². The number of aromatic hydroxyl groups is 1. The summed E-state index contributed by atoms with van der Waals surface area (Å²) in [6.45, 7) is 0. The van der Waals surface area contributed by atoms with Gasteiger partial charge in [-0.1, -0.05) is 30.3 Å². The summed E-state index contributed by atoms with van der Waals surface area (Å²) in [5.74, 6) is -0.188. The molecular weight excluding hydrogens is 250 g/mol. The third-order valence-electron chi connectivity index (χ3n) is 3.20. The second kappa shape index (κ2) is 5.05. The first-order chi connectivity index (χ1) is 9.75. The van der Waals surface area contributed by atoms with Crippen LogP contribution < -0.4 is 0 Å². The highest BCUT2D eigenvalue weighted by Gasteiger charge is 2.11. The Bertz CT molecular complexity index is 786. The van der Waals surface area contributed by atoms with Gasteiger partial charge in [0.15, 0.2) is 5.78 Å². The van der Waals surface area contributed by atoms with Crippen molar-refractivity contribution in [2.45, 2.75) is 0 Å². The van der Waals surface area contributed by atoms with E-state index in [2.05, 4.69) is 4.98 Å². The minimum absolute atomic E-state index is 0.0317. The number of phenols is 1. The number of ketones is 1. The number of aromatic amines is 1. The summed E-state index contributed by atoms with van der Waals surface area (Å²) in [6, 6.07) is 14.7. The third kappa shape index (κ3) is 2.21. The maximum Gasteiger partial charge on any atom is 0.189 e. The quantitative estimate of drug-likeness (QED) is 0.558. The van der Waals surface area contributed by atoms with Gasteiger partial charge in [-0.2, -0.15) is 0 Å². The van der Waals surface area contributed by atoms with Crippen LogP contribution in [-0.2, 0) is 0 Å². The van der Waals surface area contributed by atoms with Gasteiger partial charge in [0, 0.05) is 17.3 Å². The van der Waals surface area contributed by atoms with Crippen LogP contribution in [0.2, 0.25) is 0 Å². The number of fused-ring (bicyclic) bond motifs is 1. The first-order valence-corrected chi connectivity index (χ1v) is 6.32. The summed E-state index contributed by atoms with van der Waals surface area (Å²) in [5.41, 5.74) is 1.16. The molecule has 0 atom stereocenters. The Morgan fingerprint density at radius 1 is 1.05 bits per heavy atom. The summed E-state index contributed by atoms with van der Waals surface area (Å²) in [7, 11) is 0. The van der Waals surface area contributed by atoms with E-state index >= 15 is 0 Å². The Morgan fingerprint density at radius 3 is 2.70 bits per heavy atom. The van der Waals surface area contributed by atoms with Crippen molar-refractivity contribution >= 4 is 22.6 Å². The molecule has 3 aromatic rings. The van der Waals surface area contributed by atoms with Gasteiger partial charge in [0.25, 0.3) is 0 Å². The maximum absolute atomic E-state index is 12.1. The Kier molecular flexibility index (Phi) is 3.09. The number of nitrogens with one attached hydrogen (secondary N) is 1. The third-order valence-corrected chi connectivity index (χ3v) is 3.20. The molecule has 0 unspecified atom stereocenters. The zero-order chi connectivity index (χ0) is 13.9. The number of carbonyl (C=O) groups is 1. The summed E-state index contributed by atoms with van der Waals surface area (Å²) >= 11 is 0. The molecule has 20 heavy (non-hydrogen) atoms. The standard InChI is InChI=1S/C17H13NO2/c19-16(10-8-13-5-3-11-18-13)15-9-7-12-4-1-2-6-14(12)17(15)20/h1-11,18,20H/b10-8+. The van der Waals surface area contributed by atoms with Crippen LogP contribution in [0.1, 0.15) is 16.1 Å². The van der Waals surface area contributed by atoms with Crippen LogP contribution in [0.25, 0.3) is 16.8 Å². The van der Waals surface area contributed by atoms with E-state index in [9.17, 15) is 9.90 Å². The van der Waals surface area contributed by atoms with Crippen LogP contribution in [0.15, 0.2) is 60.8 Å². The second-order valence-electron chi connectivity index (χ2n) is 4.51. The van der Waals surface area contributed by atoms with Crippen molar-refractivity contribution in [2.75, 3.05) is 0 Å². The topological polar surface area (TPSA) is 53.1 Å². The summed E-state index contributed by atoms with van der Waals surface area (Å²) < 4.78 is 0. The second-order valence-corrected chi connectivity index (χ2v) is 4.51. The van der Waals surface area contributed by atoms with E-state index in [4.69, 9.17) is 0 Å². The van der Waals surface area contributed by atoms with E-state index in [1.807, 2.05) is 36.4 Å². The molecule has 1 heterocycles. The van der Waals surface area contributed by atoms with E-state index in [1.165, 1.54) is 6.08 Å². The van der Waals surface area contributed by atoms with E-state index in [0.717, 1.165) is 11.1 Å². The van der Waals surface area contributed by atoms with Crippen molar-refractivity contribution < 1.29 is 9.90 Å². The molecule has 0 amide bonds. The van der Waals surface area contributed by atoms with Gasteiger partial charge in [-0.15, -0.1) is 0 Å². The Hall–Kier alpha value is -2.81. The van der Waals surface area contributed by atoms with E-state index in [0.29, 0.717) is 10.9 Å². The molecule has 0 saturated heterocycles. The fourth-order valence-corrected chi connectivity index (χ4v) is 2.16. The molecule has 3 nitrogen and oxygen atoms in total. The molecule has 3 rings (SSSR count). The van der Waals surface area contributed by atoms with Crippen LogP contribution in [0, 0.1) is 0 Å². The molecule has 0 radical (unpaired) electrons. The van der Waals surface area contributed by atoms with Crippen LogP contribution in [-0.4, -0.2) is 15.9 Å². The number of benzene rings is 2. The summed E-state index contributed by atoms with van der Waals surface area (Å²) in [4.78, 5) is 15.1. The minimum Gasteiger partial charge on any atom is -0.507 e. The van der Waals surface area contributed by atoms with Crippen molar-refractivity contribution in [3.05, 3.63) is 72.1 Å². The molecule has 1 aromatic heterocycles. The molecule has 3 heteroatoms. The predicted octanol–water partition coefficient (Wildman–Crippen LogP) is 3.77. The van der Waals surface area contributed by atoms with Gasteiger partial charge in [0.05, 0.1) is 5.56 Å². The average Bonchev–Trinajstić information content (AvgIpc) is 2.99. The average molecular weight is 263 g/mol. The molecule has 0 aliphatic carbocycles. The zero-order valence-corrected chi connectivity index (χ0v) is 10.7. The maximum atomic E-state index is 12.1. The van der Waals surface area contributed by atoms with Crippen LogP contribution in [0.4, 0.5) is 0 Å². The summed E-state index contributed by atoms with van der Waals surface area (Å²) in [6.07, 6.45) is 4.93. The largest absolute Gasteiger partial charge is 0.507 e. The predicted molar refractivity (Wildman–Crippen MR) is 79.8 cm³/mol. The number of carbonyl (C=O) groups excluding carboxylic acids is 1. The number of H-pyrrole nitrogens is 1. The fourth-order valence-electron chi connectivity index (χ4n) is 2.16. The fraction of sp³-hybridized carbons (Fsp3) is 0. The van der Waals surface area contributed by atoms with Gasteiger partial charge in [0.2, 0.25) is 0 Å². The highest BCUT2D eigenvalue weighted by atomic mass is 16.3. The lowest BCUT2D eigenvalue weighted by Crippen LogP contribution is -1.95. The molecule has 0 aliphatic heterocycles. The Balaban J connectivity index is 1.98. The highest BCUT2D eigenvalue weighted by molar-refractivity contribution is 6.11. The van der Waals surface area contributed by atoms with E-state index in [1.54, 1.807) is 24.4 Å². The molecule has 0 fully saturated rings. The molecule has 2 aromatic carbocycles. The zero-order valence-electron chi connectivity index (χ0n) is 10.7. The van der Waals surface area contributed by atoms with Gasteiger partial charge >= 0.3 is 0 Å². The number of rotatable bonds is 3.